The summed E-state index contributed by atoms with van der Waals surface area (Å²) in [6, 6.07) is 8.07. The molecule has 0 aliphatic heterocycles. The highest BCUT2D eigenvalue weighted by Crippen LogP contribution is 2.20. The van der Waals surface area contributed by atoms with Crippen molar-refractivity contribution in [2.75, 3.05) is 6.54 Å². The number of ether oxygens (including phenoxy) is 1. The van der Waals surface area contributed by atoms with Crippen molar-refractivity contribution in [3.8, 4) is 5.75 Å². The van der Waals surface area contributed by atoms with E-state index in [0.717, 1.165) is 28.4 Å². The molecule has 0 aliphatic carbocycles. The summed E-state index contributed by atoms with van der Waals surface area (Å²) in [5.74, 6) is 0.878. The van der Waals surface area contributed by atoms with E-state index in [4.69, 9.17) is 4.74 Å². The summed E-state index contributed by atoms with van der Waals surface area (Å²) in [6.07, 6.45) is 0.907. The number of para-hydroxylation sites is 1. The van der Waals surface area contributed by atoms with Crippen LogP contribution in [0.2, 0.25) is 0 Å². The Hall–Kier alpha value is -2.08. The molecule has 6 heteroatoms. The van der Waals surface area contributed by atoms with Crippen LogP contribution in [0.3, 0.4) is 0 Å². The second-order valence-corrected chi connectivity index (χ2v) is 6.95. The third kappa shape index (κ3) is 5.46. The van der Waals surface area contributed by atoms with Crippen LogP contribution in [0, 0.1) is 6.92 Å². The molecule has 1 heterocycles. The molecule has 0 fully saturated rings. The first-order chi connectivity index (χ1) is 12.0. The number of hydrogen-bond acceptors (Lipinski definition) is 4. The summed E-state index contributed by atoms with van der Waals surface area (Å²) in [6.45, 7) is 9.68. The molecule has 2 rings (SSSR count). The predicted octanol–water partition coefficient (Wildman–Crippen LogP) is 4.36. The fourth-order valence-electron chi connectivity index (χ4n) is 2.42. The maximum Gasteiger partial charge on any atom is 0.317 e. The number of urea groups is 1. The molecule has 136 valence electrons. The molecule has 0 saturated heterocycles. The van der Waals surface area contributed by atoms with Gasteiger partial charge in [0.2, 0.25) is 0 Å². The molecular weight excluding hydrogens is 334 g/mol. The number of nitrogens with zero attached hydrogens (tertiary/aromatic N) is 2. The molecule has 1 aromatic carbocycles. The van der Waals surface area contributed by atoms with Crippen molar-refractivity contribution in [2.45, 2.75) is 53.3 Å². The fourth-order valence-corrected chi connectivity index (χ4v) is 3.12. The van der Waals surface area contributed by atoms with Crippen LogP contribution >= 0.6 is 11.3 Å². The summed E-state index contributed by atoms with van der Waals surface area (Å²) in [5, 5.41) is 5.80. The van der Waals surface area contributed by atoms with E-state index in [1.165, 1.54) is 0 Å². The number of thiazole rings is 1. The quantitative estimate of drug-likeness (QED) is 0.760. The smallest absolute Gasteiger partial charge is 0.317 e. The summed E-state index contributed by atoms with van der Waals surface area (Å²) in [4.78, 5) is 18.7. The highest BCUT2D eigenvalue weighted by Gasteiger charge is 2.19. The van der Waals surface area contributed by atoms with E-state index in [0.29, 0.717) is 19.7 Å². The van der Waals surface area contributed by atoms with Crippen molar-refractivity contribution in [2.24, 2.45) is 0 Å². The third-order valence-corrected chi connectivity index (χ3v) is 4.96. The zero-order valence-electron chi connectivity index (χ0n) is 15.4. The summed E-state index contributed by atoms with van der Waals surface area (Å²) < 4.78 is 5.85. The minimum absolute atomic E-state index is 0.0393. The fraction of sp³-hybridized carbons (Fsp3) is 0.474. The first-order valence-electron chi connectivity index (χ1n) is 8.71. The SMILES string of the molecule is CCNC(=O)N(Cc1csc(COc2ccccc2C)n1)C(C)CC. The normalized spacial score (nSPS) is 11.8. The number of aromatic nitrogens is 1. The molecule has 1 N–H and O–H groups in total. The number of amides is 2. The molecule has 2 amide bonds. The Labute approximate surface area is 154 Å². The monoisotopic (exact) mass is 361 g/mol. The van der Waals surface area contributed by atoms with E-state index >= 15 is 0 Å². The highest BCUT2D eigenvalue weighted by molar-refractivity contribution is 7.09. The number of hydrogen-bond donors (Lipinski definition) is 1. The molecule has 0 spiro atoms. The molecule has 1 aromatic heterocycles. The Bertz CT molecular complexity index is 687. The lowest BCUT2D eigenvalue weighted by atomic mass is 10.2. The lowest BCUT2D eigenvalue weighted by Gasteiger charge is -2.27. The van der Waals surface area contributed by atoms with Gasteiger partial charge in [0, 0.05) is 18.0 Å². The van der Waals surface area contributed by atoms with Crippen molar-refractivity contribution in [3.05, 3.63) is 45.9 Å². The second kappa shape index (κ2) is 9.42. The number of aryl methyl sites for hydroxylation is 1. The number of carbonyl (C=O) groups excluding carboxylic acids is 1. The van der Waals surface area contributed by atoms with Gasteiger partial charge in [0.05, 0.1) is 12.2 Å². The Morgan fingerprint density at radius 1 is 1.36 bits per heavy atom. The van der Waals surface area contributed by atoms with Gasteiger partial charge < -0.3 is 15.0 Å². The molecule has 25 heavy (non-hydrogen) atoms. The van der Waals surface area contributed by atoms with Crippen LogP contribution < -0.4 is 10.1 Å². The molecule has 0 saturated carbocycles. The van der Waals surface area contributed by atoms with E-state index in [2.05, 4.69) is 24.1 Å². The second-order valence-electron chi connectivity index (χ2n) is 6.01. The van der Waals surface area contributed by atoms with Gasteiger partial charge in [0.25, 0.3) is 0 Å². The maximum absolute atomic E-state index is 12.3. The molecule has 0 aliphatic rings. The van der Waals surface area contributed by atoms with Gasteiger partial charge in [-0.2, -0.15) is 0 Å². The largest absolute Gasteiger partial charge is 0.486 e. The number of benzene rings is 1. The van der Waals surface area contributed by atoms with Gasteiger partial charge in [-0.3, -0.25) is 0 Å². The van der Waals surface area contributed by atoms with Crippen LogP contribution in [0.5, 0.6) is 5.75 Å². The van der Waals surface area contributed by atoms with Gasteiger partial charge in [-0.05, 0) is 38.8 Å². The average Bonchev–Trinajstić information content (AvgIpc) is 3.06. The number of nitrogens with one attached hydrogen (secondary N) is 1. The number of rotatable bonds is 8. The van der Waals surface area contributed by atoms with Crippen molar-refractivity contribution in [3.63, 3.8) is 0 Å². The first-order valence-corrected chi connectivity index (χ1v) is 9.59. The van der Waals surface area contributed by atoms with Crippen LogP contribution in [0.1, 0.15) is 43.5 Å². The lowest BCUT2D eigenvalue weighted by molar-refractivity contribution is 0.173. The molecule has 1 unspecified atom stereocenters. The minimum atomic E-state index is -0.0393. The highest BCUT2D eigenvalue weighted by atomic mass is 32.1. The molecule has 0 radical (unpaired) electrons. The van der Waals surface area contributed by atoms with Gasteiger partial charge in [-0.1, -0.05) is 25.1 Å². The van der Waals surface area contributed by atoms with E-state index < -0.39 is 0 Å². The van der Waals surface area contributed by atoms with Gasteiger partial charge >= 0.3 is 6.03 Å². The van der Waals surface area contributed by atoms with Crippen molar-refractivity contribution >= 4 is 17.4 Å². The zero-order chi connectivity index (χ0) is 18.2. The molecule has 1 atom stereocenters. The molecular formula is C19H27N3O2S. The zero-order valence-corrected chi connectivity index (χ0v) is 16.2. The van der Waals surface area contributed by atoms with Gasteiger partial charge in [0.1, 0.15) is 17.4 Å². The lowest BCUT2D eigenvalue weighted by Crippen LogP contribution is -2.44. The summed E-state index contributed by atoms with van der Waals surface area (Å²) >= 11 is 1.57. The Balaban J connectivity index is 1.99. The van der Waals surface area contributed by atoms with Crippen molar-refractivity contribution < 1.29 is 9.53 Å². The average molecular weight is 362 g/mol. The molecule has 0 bridgehead atoms. The van der Waals surface area contributed by atoms with Gasteiger partial charge in [0.15, 0.2) is 0 Å². The van der Waals surface area contributed by atoms with Crippen LogP contribution in [-0.2, 0) is 13.2 Å². The Kier molecular flexibility index (Phi) is 7.25. The Morgan fingerprint density at radius 2 is 2.12 bits per heavy atom. The van der Waals surface area contributed by atoms with Crippen LogP contribution in [0.25, 0.3) is 0 Å². The molecule has 2 aromatic rings. The van der Waals surface area contributed by atoms with Gasteiger partial charge in [-0.15, -0.1) is 11.3 Å². The van der Waals surface area contributed by atoms with Crippen molar-refractivity contribution in [1.82, 2.24) is 15.2 Å². The summed E-state index contributed by atoms with van der Waals surface area (Å²) in [5.41, 5.74) is 2.01. The van der Waals surface area contributed by atoms with E-state index in [1.807, 2.05) is 48.4 Å². The summed E-state index contributed by atoms with van der Waals surface area (Å²) in [7, 11) is 0. The topological polar surface area (TPSA) is 54.5 Å². The van der Waals surface area contributed by atoms with Crippen LogP contribution in [0.15, 0.2) is 29.6 Å². The van der Waals surface area contributed by atoms with Crippen molar-refractivity contribution in [1.29, 1.82) is 0 Å². The first kappa shape index (κ1) is 19.2. The van der Waals surface area contributed by atoms with E-state index in [1.54, 1.807) is 11.3 Å². The third-order valence-electron chi connectivity index (χ3n) is 4.09. The van der Waals surface area contributed by atoms with Crippen LogP contribution in [-0.4, -0.2) is 28.5 Å². The standard InChI is InChI=1S/C19H27N3O2S/c1-5-15(4)22(19(23)20-6-2)11-16-13-25-18(21-16)12-24-17-10-8-7-9-14(17)3/h7-10,13,15H,5-6,11-12H2,1-4H3,(H,20,23). The van der Waals surface area contributed by atoms with E-state index in [-0.39, 0.29) is 12.1 Å². The van der Waals surface area contributed by atoms with E-state index in [9.17, 15) is 4.79 Å². The van der Waals surface area contributed by atoms with Gasteiger partial charge in [-0.25, -0.2) is 9.78 Å². The van der Waals surface area contributed by atoms with Crippen LogP contribution in [0.4, 0.5) is 4.79 Å². The molecule has 5 nitrogen and oxygen atoms in total. The number of carbonyl (C=O) groups is 1. The minimum Gasteiger partial charge on any atom is -0.486 e. The predicted molar refractivity (Wildman–Crippen MR) is 102 cm³/mol. The maximum atomic E-state index is 12.3. The Morgan fingerprint density at radius 3 is 2.80 bits per heavy atom.